The van der Waals surface area contributed by atoms with Crippen molar-refractivity contribution < 1.29 is 17.9 Å². The summed E-state index contributed by atoms with van der Waals surface area (Å²) in [6.45, 7) is 0.948. The number of likely N-dealkylation sites (tertiary alicyclic amines) is 1. The third kappa shape index (κ3) is 5.15. The number of nitrogens with one attached hydrogen (secondary N) is 1. The van der Waals surface area contributed by atoms with E-state index in [2.05, 4.69) is 4.72 Å². The second-order valence-electron chi connectivity index (χ2n) is 5.26. The first-order valence-electron chi connectivity index (χ1n) is 6.97. The van der Waals surface area contributed by atoms with Crippen LogP contribution in [-0.2, 0) is 14.8 Å². The van der Waals surface area contributed by atoms with Crippen molar-refractivity contribution in [2.45, 2.75) is 18.9 Å². The van der Waals surface area contributed by atoms with E-state index in [-0.39, 0.29) is 18.6 Å². The van der Waals surface area contributed by atoms with Gasteiger partial charge in [-0.1, -0.05) is 23.7 Å². The van der Waals surface area contributed by atoms with E-state index in [0.29, 0.717) is 36.7 Å². The van der Waals surface area contributed by atoms with Gasteiger partial charge in [-0.15, -0.1) is 0 Å². The maximum absolute atomic E-state index is 12.1. The maximum Gasteiger partial charge on any atom is 0.260 e. The average molecular weight is 347 g/mol. The predicted octanol–water partition coefficient (Wildman–Crippen LogP) is 1.26. The Morgan fingerprint density at radius 1 is 1.36 bits per heavy atom. The molecular formula is C14H19ClN2O4S. The van der Waals surface area contributed by atoms with E-state index in [1.165, 1.54) is 0 Å². The van der Waals surface area contributed by atoms with Gasteiger partial charge in [-0.05, 0) is 25.0 Å². The number of amides is 1. The van der Waals surface area contributed by atoms with Crippen LogP contribution in [0.25, 0.3) is 0 Å². The Morgan fingerprint density at radius 2 is 2.00 bits per heavy atom. The minimum atomic E-state index is -3.21. The molecule has 1 aromatic carbocycles. The number of piperidine rings is 1. The van der Waals surface area contributed by atoms with Crippen molar-refractivity contribution in [1.29, 1.82) is 0 Å². The van der Waals surface area contributed by atoms with Crippen molar-refractivity contribution in [2.24, 2.45) is 0 Å². The summed E-state index contributed by atoms with van der Waals surface area (Å²) in [5.74, 6) is 0.351. The first kappa shape index (κ1) is 17.1. The second kappa shape index (κ2) is 7.30. The van der Waals surface area contributed by atoms with E-state index in [1.807, 2.05) is 0 Å². The molecule has 0 spiro atoms. The quantitative estimate of drug-likeness (QED) is 0.870. The maximum atomic E-state index is 12.1. The molecule has 1 amide bonds. The van der Waals surface area contributed by atoms with Crippen LogP contribution in [0.15, 0.2) is 24.3 Å². The van der Waals surface area contributed by atoms with Crippen LogP contribution >= 0.6 is 11.6 Å². The molecule has 0 aliphatic carbocycles. The number of hydrogen-bond donors (Lipinski definition) is 1. The summed E-state index contributed by atoms with van der Waals surface area (Å²) in [6.07, 6.45) is 2.35. The normalized spacial score (nSPS) is 16.5. The molecule has 1 N–H and O–H groups in total. The Labute approximate surface area is 135 Å². The van der Waals surface area contributed by atoms with Gasteiger partial charge in [0, 0.05) is 19.1 Å². The van der Waals surface area contributed by atoms with Crippen LogP contribution in [0.3, 0.4) is 0 Å². The Morgan fingerprint density at radius 3 is 2.59 bits per heavy atom. The zero-order valence-electron chi connectivity index (χ0n) is 12.3. The number of para-hydroxylation sites is 1. The number of ether oxygens (including phenoxy) is 1. The Hall–Kier alpha value is -1.31. The fraction of sp³-hybridized carbons (Fsp3) is 0.500. The highest BCUT2D eigenvalue weighted by atomic mass is 35.5. The molecule has 1 aliphatic heterocycles. The van der Waals surface area contributed by atoms with E-state index in [9.17, 15) is 13.2 Å². The number of carbonyl (C=O) groups excluding carboxylic acids is 1. The summed E-state index contributed by atoms with van der Waals surface area (Å²) in [5, 5.41) is 0.464. The number of rotatable bonds is 5. The van der Waals surface area contributed by atoms with Gasteiger partial charge >= 0.3 is 0 Å². The summed E-state index contributed by atoms with van der Waals surface area (Å²) < 4.78 is 30.4. The average Bonchev–Trinajstić information content (AvgIpc) is 2.45. The number of carbonyl (C=O) groups is 1. The fourth-order valence-electron chi connectivity index (χ4n) is 2.34. The van der Waals surface area contributed by atoms with E-state index >= 15 is 0 Å². The minimum absolute atomic E-state index is 0.0755. The van der Waals surface area contributed by atoms with Gasteiger partial charge < -0.3 is 9.64 Å². The molecule has 22 heavy (non-hydrogen) atoms. The molecular weight excluding hydrogens is 328 g/mol. The number of hydrogen-bond acceptors (Lipinski definition) is 4. The Bertz CT molecular complexity index is 627. The van der Waals surface area contributed by atoms with Crippen molar-refractivity contribution in [3.8, 4) is 5.75 Å². The predicted molar refractivity (Wildman–Crippen MR) is 84.5 cm³/mol. The van der Waals surface area contributed by atoms with Crippen molar-refractivity contribution in [3.05, 3.63) is 29.3 Å². The largest absolute Gasteiger partial charge is 0.482 e. The molecule has 0 saturated carbocycles. The highest BCUT2D eigenvalue weighted by Crippen LogP contribution is 2.23. The summed E-state index contributed by atoms with van der Waals surface area (Å²) in [6, 6.07) is 6.87. The van der Waals surface area contributed by atoms with Crippen LogP contribution < -0.4 is 9.46 Å². The van der Waals surface area contributed by atoms with E-state index in [4.69, 9.17) is 16.3 Å². The first-order valence-corrected chi connectivity index (χ1v) is 9.24. The van der Waals surface area contributed by atoms with Gasteiger partial charge in [0.2, 0.25) is 10.0 Å². The lowest BCUT2D eigenvalue weighted by Crippen LogP contribution is -2.47. The third-order valence-electron chi connectivity index (χ3n) is 3.42. The number of nitrogens with zero attached hydrogens (tertiary/aromatic N) is 1. The summed E-state index contributed by atoms with van der Waals surface area (Å²) in [5.41, 5.74) is 0. The van der Waals surface area contributed by atoms with Gasteiger partial charge in [-0.2, -0.15) is 0 Å². The molecule has 1 aliphatic rings. The summed E-state index contributed by atoms with van der Waals surface area (Å²) in [7, 11) is -3.21. The van der Waals surface area contributed by atoms with Crippen LogP contribution in [0.1, 0.15) is 12.8 Å². The molecule has 8 heteroatoms. The van der Waals surface area contributed by atoms with Crippen molar-refractivity contribution >= 4 is 27.5 Å². The topological polar surface area (TPSA) is 75.7 Å². The van der Waals surface area contributed by atoms with Crippen molar-refractivity contribution in [2.75, 3.05) is 26.0 Å². The molecule has 1 aromatic rings. The number of sulfonamides is 1. The molecule has 1 fully saturated rings. The summed E-state index contributed by atoms with van der Waals surface area (Å²) in [4.78, 5) is 13.8. The van der Waals surface area contributed by atoms with Crippen LogP contribution in [-0.4, -0.2) is 51.2 Å². The molecule has 0 aromatic heterocycles. The van der Waals surface area contributed by atoms with Crippen molar-refractivity contribution in [3.63, 3.8) is 0 Å². The van der Waals surface area contributed by atoms with Crippen LogP contribution in [0, 0.1) is 0 Å². The Balaban J connectivity index is 1.79. The zero-order valence-corrected chi connectivity index (χ0v) is 13.9. The van der Waals surface area contributed by atoms with E-state index in [0.717, 1.165) is 6.26 Å². The lowest BCUT2D eigenvalue weighted by molar-refractivity contribution is -0.134. The molecule has 1 heterocycles. The van der Waals surface area contributed by atoms with Crippen LogP contribution in [0.2, 0.25) is 5.02 Å². The van der Waals surface area contributed by atoms with Crippen LogP contribution in [0.4, 0.5) is 0 Å². The minimum Gasteiger partial charge on any atom is -0.482 e. The van der Waals surface area contributed by atoms with Gasteiger partial charge in [0.25, 0.3) is 5.91 Å². The molecule has 0 radical (unpaired) electrons. The standard InChI is InChI=1S/C14H19ClN2O4S/c1-22(19,20)16-11-6-8-17(9-7-11)14(18)10-21-13-5-3-2-4-12(13)15/h2-5,11,16H,6-10H2,1H3. The molecule has 2 rings (SSSR count). The van der Waals surface area contributed by atoms with Gasteiger partial charge in [-0.3, -0.25) is 4.79 Å². The fourth-order valence-corrected chi connectivity index (χ4v) is 3.37. The number of benzene rings is 1. The molecule has 0 atom stereocenters. The highest BCUT2D eigenvalue weighted by molar-refractivity contribution is 7.88. The highest BCUT2D eigenvalue weighted by Gasteiger charge is 2.24. The smallest absolute Gasteiger partial charge is 0.260 e. The molecule has 122 valence electrons. The lowest BCUT2D eigenvalue weighted by Gasteiger charge is -2.31. The molecule has 1 saturated heterocycles. The van der Waals surface area contributed by atoms with E-state index in [1.54, 1.807) is 29.2 Å². The second-order valence-corrected chi connectivity index (χ2v) is 7.45. The third-order valence-corrected chi connectivity index (χ3v) is 4.49. The SMILES string of the molecule is CS(=O)(=O)NC1CCN(C(=O)COc2ccccc2Cl)CC1. The van der Waals surface area contributed by atoms with Gasteiger partial charge in [-0.25, -0.2) is 13.1 Å². The van der Waals surface area contributed by atoms with Gasteiger partial charge in [0.15, 0.2) is 6.61 Å². The monoisotopic (exact) mass is 346 g/mol. The summed E-state index contributed by atoms with van der Waals surface area (Å²) >= 11 is 5.96. The molecule has 0 unspecified atom stereocenters. The molecule has 6 nitrogen and oxygen atoms in total. The van der Waals surface area contributed by atoms with Gasteiger partial charge in [0.1, 0.15) is 5.75 Å². The first-order chi connectivity index (χ1) is 10.3. The zero-order chi connectivity index (χ0) is 16.2. The van der Waals surface area contributed by atoms with Crippen molar-refractivity contribution in [1.82, 2.24) is 9.62 Å². The lowest BCUT2D eigenvalue weighted by atomic mass is 10.1. The number of halogens is 1. The van der Waals surface area contributed by atoms with Gasteiger partial charge in [0.05, 0.1) is 11.3 Å². The Kier molecular flexibility index (Phi) is 5.66. The molecule has 0 bridgehead atoms. The van der Waals surface area contributed by atoms with Crippen LogP contribution in [0.5, 0.6) is 5.75 Å². The van der Waals surface area contributed by atoms with E-state index < -0.39 is 10.0 Å².